The molecule has 1 unspecified atom stereocenters. The first kappa shape index (κ1) is 13.1. The molecule has 0 radical (unpaired) electrons. The summed E-state index contributed by atoms with van der Waals surface area (Å²) in [6.07, 6.45) is -1.28. The van der Waals surface area contributed by atoms with E-state index in [9.17, 15) is 18.3 Å². The van der Waals surface area contributed by atoms with Crippen LogP contribution in [0.1, 0.15) is 17.2 Å². The minimum absolute atomic E-state index is 0.0603. The molecule has 0 saturated heterocycles. The zero-order valence-corrected chi connectivity index (χ0v) is 10.6. The molecule has 0 bridgehead atoms. The molecule has 0 aliphatic rings. The van der Waals surface area contributed by atoms with Crippen LogP contribution in [0.3, 0.4) is 0 Å². The molecule has 2 rings (SSSR count). The molecular weight excluding hydrogens is 309 g/mol. The molecule has 0 spiro atoms. The number of hydrogen-bond acceptors (Lipinski definition) is 1. The number of rotatable bonds is 2. The highest BCUT2D eigenvalue weighted by Gasteiger charge is 2.16. The van der Waals surface area contributed by atoms with Crippen molar-refractivity contribution >= 4 is 15.9 Å². The summed E-state index contributed by atoms with van der Waals surface area (Å²) in [7, 11) is 0. The van der Waals surface area contributed by atoms with Crippen molar-refractivity contribution in [1.82, 2.24) is 0 Å². The topological polar surface area (TPSA) is 20.2 Å². The van der Waals surface area contributed by atoms with Crippen LogP contribution in [0.25, 0.3) is 0 Å². The van der Waals surface area contributed by atoms with E-state index in [1.54, 1.807) is 0 Å². The number of benzene rings is 2. The molecule has 1 nitrogen and oxygen atoms in total. The Bertz CT molecular complexity index is 586. The van der Waals surface area contributed by atoms with Crippen LogP contribution in [0.5, 0.6) is 0 Å². The van der Waals surface area contributed by atoms with E-state index in [0.29, 0.717) is 11.6 Å². The number of halogens is 4. The maximum absolute atomic E-state index is 13.5. The zero-order valence-electron chi connectivity index (χ0n) is 9.00. The lowest BCUT2D eigenvalue weighted by Crippen LogP contribution is -2.03. The first-order chi connectivity index (χ1) is 8.49. The van der Waals surface area contributed by atoms with Crippen molar-refractivity contribution in [1.29, 1.82) is 0 Å². The summed E-state index contributed by atoms with van der Waals surface area (Å²) in [5.41, 5.74) is 0.253. The maximum atomic E-state index is 13.5. The highest BCUT2D eigenvalue weighted by molar-refractivity contribution is 9.10. The van der Waals surface area contributed by atoms with Crippen molar-refractivity contribution < 1.29 is 18.3 Å². The van der Waals surface area contributed by atoms with E-state index < -0.39 is 23.6 Å². The minimum atomic E-state index is -1.28. The van der Waals surface area contributed by atoms with Gasteiger partial charge >= 0.3 is 0 Å². The zero-order chi connectivity index (χ0) is 13.3. The van der Waals surface area contributed by atoms with Gasteiger partial charge in [0.2, 0.25) is 0 Å². The lowest BCUT2D eigenvalue weighted by Gasteiger charge is -2.13. The molecule has 18 heavy (non-hydrogen) atoms. The second-order valence-electron chi connectivity index (χ2n) is 3.74. The predicted molar refractivity (Wildman–Crippen MR) is 64.5 cm³/mol. The average Bonchev–Trinajstić information content (AvgIpc) is 2.32. The molecule has 94 valence electrons. The lowest BCUT2D eigenvalue weighted by atomic mass is 10.0. The smallest absolute Gasteiger partial charge is 0.137 e. The highest BCUT2D eigenvalue weighted by atomic mass is 79.9. The third-order valence-electron chi connectivity index (χ3n) is 2.52. The van der Waals surface area contributed by atoms with Crippen LogP contribution < -0.4 is 0 Å². The van der Waals surface area contributed by atoms with E-state index in [1.165, 1.54) is 12.1 Å². The van der Waals surface area contributed by atoms with E-state index in [4.69, 9.17) is 0 Å². The predicted octanol–water partition coefficient (Wildman–Crippen LogP) is 3.95. The Hall–Kier alpha value is -1.33. The average molecular weight is 317 g/mol. The summed E-state index contributed by atoms with van der Waals surface area (Å²) in [6, 6.07) is 6.75. The van der Waals surface area contributed by atoms with Crippen LogP contribution in [0.4, 0.5) is 13.2 Å². The van der Waals surface area contributed by atoms with Crippen molar-refractivity contribution in [3.8, 4) is 0 Å². The summed E-state index contributed by atoms with van der Waals surface area (Å²) in [6.45, 7) is 0. The van der Waals surface area contributed by atoms with Gasteiger partial charge in [0.1, 0.15) is 23.6 Å². The van der Waals surface area contributed by atoms with Gasteiger partial charge in [0.25, 0.3) is 0 Å². The van der Waals surface area contributed by atoms with E-state index in [-0.39, 0.29) is 10.0 Å². The van der Waals surface area contributed by atoms with Crippen molar-refractivity contribution in [2.75, 3.05) is 0 Å². The van der Waals surface area contributed by atoms with Gasteiger partial charge in [-0.05, 0) is 39.7 Å². The van der Waals surface area contributed by atoms with Gasteiger partial charge < -0.3 is 5.11 Å². The van der Waals surface area contributed by atoms with Crippen molar-refractivity contribution in [2.24, 2.45) is 0 Å². The summed E-state index contributed by atoms with van der Waals surface area (Å²) < 4.78 is 39.4. The maximum Gasteiger partial charge on any atom is 0.137 e. The largest absolute Gasteiger partial charge is 0.384 e. The van der Waals surface area contributed by atoms with Crippen LogP contribution in [-0.2, 0) is 0 Å². The van der Waals surface area contributed by atoms with Crippen LogP contribution in [0.15, 0.2) is 40.9 Å². The third-order valence-corrected chi connectivity index (χ3v) is 3.12. The molecule has 5 heteroatoms. The van der Waals surface area contributed by atoms with Crippen molar-refractivity contribution in [3.05, 3.63) is 69.4 Å². The fraction of sp³-hybridized carbons (Fsp3) is 0.0769. The van der Waals surface area contributed by atoms with Crippen molar-refractivity contribution in [3.63, 3.8) is 0 Å². The fourth-order valence-corrected chi connectivity index (χ4v) is 1.98. The molecule has 1 N–H and O–H groups in total. The van der Waals surface area contributed by atoms with Gasteiger partial charge in [-0.2, -0.15) is 0 Å². The van der Waals surface area contributed by atoms with Crippen molar-refractivity contribution in [2.45, 2.75) is 6.10 Å². The summed E-state index contributed by atoms with van der Waals surface area (Å²) in [5.74, 6) is -2.04. The Balaban J connectivity index is 2.41. The SMILES string of the molecule is OC(c1ccc(F)c(Br)c1)c1ccc(F)cc1F. The third kappa shape index (κ3) is 2.57. The summed E-state index contributed by atoms with van der Waals surface area (Å²) in [5, 5.41) is 9.97. The van der Waals surface area contributed by atoms with Gasteiger partial charge in [-0.15, -0.1) is 0 Å². The fourth-order valence-electron chi connectivity index (χ4n) is 1.59. The van der Waals surface area contributed by atoms with E-state index in [0.717, 1.165) is 18.2 Å². The standard InChI is InChI=1S/C13H8BrF3O/c14-10-5-7(1-4-11(10)16)13(18)9-3-2-8(15)6-12(9)17/h1-6,13,18H. The normalized spacial score (nSPS) is 12.5. The molecule has 0 amide bonds. The number of hydrogen-bond donors (Lipinski definition) is 1. The summed E-state index contributed by atoms with van der Waals surface area (Å²) in [4.78, 5) is 0. The van der Waals surface area contributed by atoms with Gasteiger partial charge in [-0.25, -0.2) is 13.2 Å². The molecule has 0 fully saturated rings. The molecule has 0 aliphatic heterocycles. The molecule has 2 aromatic carbocycles. The second kappa shape index (κ2) is 5.12. The Kier molecular flexibility index (Phi) is 3.73. The van der Waals surface area contributed by atoms with Gasteiger partial charge in [-0.1, -0.05) is 12.1 Å². The molecule has 1 atom stereocenters. The van der Waals surface area contributed by atoms with Gasteiger partial charge in [0.15, 0.2) is 0 Å². The Morgan fingerprint density at radius 3 is 2.28 bits per heavy atom. The first-order valence-corrected chi connectivity index (χ1v) is 5.86. The Morgan fingerprint density at radius 2 is 1.67 bits per heavy atom. The van der Waals surface area contributed by atoms with Crippen LogP contribution in [-0.4, -0.2) is 5.11 Å². The molecule has 0 saturated carbocycles. The van der Waals surface area contributed by atoms with Gasteiger partial charge in [0, 0.05) is 11.6 Å². The van der Waals surface area contributed by atoms with E-state index in [1.807, 2.05) is 0 Å². The number of aliphatic hydroxyl groups excluding tert-OH is 1. The van der Waals surface area contributed by atoms with E-state index in [2.05, 4.69) is 15.9 Å². The van der Waals surface area contributed by atoms with Gasteiger partial charge in [-0.3, -0.25) is 0 Å². The highest BCUT2D eigenvalue weighted by Crippen LogP contribution is 2.27. The second-order valence-corrected chi connectivity index (χ2v) is 4.60. The molecule has 0 heterocycles. The Morgan fingerprint density at radius 1 is 0.944 bits per heavy atom. The van der Waals surface area contributed by atoms with E-state index >= 15 is 0 Å². The number of aliphatic hydroxyl groups is 1. The summed E-state index contributed by atoms with van der Waals surface area (Å²) >= 11 is 2.98. The van der Waals surface area contributed by atoms with Crippen LogP contribution >= 0.6 is 15.9 Å². The molecule has 2 aromatic rings. The minimum Gasteiger partial charge on any atom is -0.384 e. The van der Waals surface area contributed by atoms with Crippen LogP contribution in [0, 0.1) is 17.5 Å². The van der Waals surface area contributed by atoms with Gasteiger partial charge in [0.05, 0.1) is 4.47 Å². The quantitative estimate of drug-likeness (QED) is 0.889. The molecule has 0 aliphatic carbocycles. The lowest BCUT2D eigenvalue weighted by molar-refractivity contribution is 0.214. The molecular formula is C13H8BrF3O. The molecule has 0 aromatic heterocycles. The Labute approximate surface area is 110 Å². The monoisotopic (exact) mass is 316 g/mol. The van der Waals surface area contributed by atoms with Crippen LogP contribution in [0.2, 0.25) is 0 Å². The first-order valence-electron chi connectivity index (χ1n) is 5.07.